The number of hydrogen-bond acceptors (Lipinski definition) is 7. The lowest BCUT2D eigenvalue weighted by Gasteiger charge is -2.19. The van der Waals surface area contributed by atoms with Gasteiger partial charge in [-0.05, 0) is 26.0 Å². The van der Waals surface area contributed by atoms with Gasteiger partial charge >= 0.3 is 12.8 Å². The molecule has 1 unspecified atom stereocenters. The van der Waals surface area contributed by atoms with Gasteiger partial charge in [-0.15, -0.1) is 11.3 Å². The molecule has 122 valence electrons. The van der Waals surface area contributed by atoms with Gasteiger partial charge in [-0.1, -0.05) is 12.1 Å². The highest BCUT2D eigenvalue weighted by Gasteiger charge is 2.48. The van der Waals surface area contributed by atoms with Crippen molar-refractivity contribution >= 4 is 39.0 Å². The van der Waals surface area contributed by atoms with E-state index in [0.717, 1.165) is 11.3 Å². The van der Waals surface area contributed by atoms with Gasteiger partial charge in [0.1, 0.15) is 0 Å². The van der Waals surface area contributed by atoms with Crippen molar-refractivity contribution in [1.29, 1.82) is 0 Å². The lowest BCUT2D eigenvalue weighted by atomic mass is 10.3. The molecule has 0 aliphatic heterocycles. The van der Waals surface area contributed by atoms with Crippen LogP contribution in [0.1, 0.15) is 13.8 Å². The highest BCUT2D eigenvalue weighted by Crippen LogP contribution is 2.57. The third-order valence-corrected chi connectivity index (χ3v) is 8.85. The number of fused-ring (bicyclic) bond motifs is 1. The van der Waals surface area contributed by atoms with Crippen molar-refractivity contribution in [3.05, 3.63) is 24.3 Å². The summed E-state index contributed by atoms with van der Waals surface area (Å²) in [5.41, 5.74) is 0.431. The minimum atomic E-state index is -4.58. The second-order valence-corrected chi connectivity index (χ2v) is 9.74. The highest BCUT2D eigenvalue weighted by molar-refractivity contribution is 7.99. The van der Waals surface area contributed by atoms with Crippen LogP contribution in [0.5, 0.6) is 0 Å². The first-order valence-electron chi connectivity index (χ1n) is 6.47. The Hall–Kier alpha value is -0.860. The lowest BCUT2D eigenvalue weighted by molar-refractivity contribution is 0.203. The summed E-state index contributed by atoms with van der Waals surface area (Å²) in [7, 11) is -9.00. The Morgan fingerprint density at radius 2 is 1.86 bits per heavy atom. The van der Waals surface area contributed by atoms with Gasteiger partial charge in [0.15, 0.2) is 0 Å². The van der Waals surface area contributed by atoms with Crippen molar-refractivity contribution in [3.8, 4) is 0 Å². The molecular formula is C12H15FNO5PS2. The molecule has 1 heterocycles. The van der Waals surface area contributed by atoms with E-state index in [-0.39, 0.29) is 13.2 Å². The van der Waals surface area contributed by atoms with Crippen LogP contribution in [0.2, 0.25) is 0 Å². The van der Waals surface area contributed by atoms with Crippen LogP contribution in [0.15, 0.2) is 28.6 Å². The first-order chi connectivity index (χ1) is 10.3. The maximum atomic E-state index is 14.5. The molecule has 22 heavy (non-hydrogen) atoms. The summed E-state index contributed by atoms with van der Waals surface area (Å²) >= 11 is 0.814. The largest absolute Gasteiger partial charge is 0.380 e. The molecule has 0 fully saturated rings. The molecule has 1 aromatic carbocycles. The molecule has 0 saturated heterocycles. The zero-order valence-corrected chi connectivity index (χ0v) is 14.5. The number of halogens is 1. The average molecular weight is 367 g/mol. The number of thiazole rings is 1. The predicted octanol–water partition coefficient (Wildman–Crippen LogP) is 3.59. The molecule has 10 heteroatoms. The molecule has 2 aromatic rings. The summed E-state index contributed by atoms with van der Waals surface area (Å²) in [6.45, 7) is 2.69. The fourth-order valence-corrected chi connectivity index (χ4v) is 7.08. The van der Waals surface area contributed by atoms with Gasteiger partial charge in [0.25, 0.3) is 0 Å². The Morgan fingerprint density at radius 1 is 1.27 bits per heavy atom. The molecular weight excluding hydrogens is 352 g/mol. The van der Waals surface area contributed by atoms with E-state index in [9.17, 15) is 17.4 Å². The molecule has 0 radical (unpaired) electrons. The number of benzene rings is 1. The molecule has 6 nitrogen and oxygen atoms in total. The van der Waals surface area contributed by atoms with E-state index < -0.39 is 27.0 Å². The van der Waals surface area contributed by atoms with Crippen LogP contribution in [0.3, 0.4) is 0 Å². The van der Waals surface area contributed by atoms with E-state index in [1.54, 1.807) is 24.3 Å². The van der Waals surface area contributed by atoms with Crippen LogP contribution in [-0.4, -0.2) is 31.9 Å². The van der Waals surface area contributed by atoms with Crippen molar-refractivity contribution in [1.82, 2.24) is 4.98 Å². The molecule has 1 atom stereocenters. The summed E-state index contributed by atoms with van der Waals surface area (Å²) < 4.78 is 61.2. The Morgan fingerprint density at radius 3 is 2.41 bits per heavy atom. The first-order valence-corrected chi connectivity index (χ1v) is 10.4. The van der Waals surface area contributed by atoms with Crippen LogP contribution in [0.25, 0.3) is 10.2 Å². The molecule has 1 aromatic heterocycles. The minimum Gasteiger partial charge on any atom is -0.306 e. The van der Waals surface area contributed by atoms with Gasteiger partial charge < -0.3 is 9.05 Å². The molecule has 0 N–H and O–H groups in total. The van der Waals surface area contributed by atoms with Crippen molar-refractivity contribution in [2.24, 2.45) is 0 Å². The maximum absolute atomic E-state index is 14.5. The fourth-order valence-electron chi connectivity index (χ4n) is 1.74. The van der Waals surface area contributed by atoms with Crippen LogP contribution in [0, 0.1) is 0 Å². The van der Waals surface area contributed by atoms with E-state index in [4.69, 9.17) is 9.05 Å². The number of hydrogen-bond donors (Lipinski definition) is 0. The van der Waals surface area contributed by atoms with E-state index in [1.165, 1.54) is 13.8 Å². The molecule has 0 amide bonds. The van der Waals surface area contributed by atoms with Crippen molar-refractivity contribution in [2.45, 2.75) is 23.4 Å². The monoisotopic (exact) mass is 367 g/mol. The number of aromatic nitrogens is 1. The normalized spacial score (nSPS) is 14.3. The summed E-state index contributed by atoms with van der Waals surface area (Å²) in [6.07, 6.45) is 0. The topological polar surface area (TPSA) is 82.6 Å². The summed E-state index contributed by atoms with van der Waals surface area (Å²) in [5.74, 6) is 0. The summed E-state index contributed by atoms with van der Waals surface area (Å²) in [4.78, 5) is 3.90. The minimum absolute atomic E-state index is 0.132. The van der Waals surface area contributed by atoms with E-state index >= 15 is 0 Å². The first kappa shape index (κ1) is 17.5. The summed E-state index contributed by atoms with van der Waals surface area (Å²) in [6, 6.07) is 6.69. The Labute approximate surface area is 131 Å². The zero-order valence-electron chi connectivity index (χ0n) is 11.9. The number of sulfone groups is 1. The number of rotatable bonds is 7. The van der Waals surface area contributed by atoms with Gasteiger partial charge in [-0.2, -0.15) is 0 Å². The number of alkyl halides is 1. The predicted molar refractivity (Wildman–Crippen MR) is 82.6 cm³/mol. The van der Waals surface area contributed by atoms with Crippen LogP contribution in [-0.2, 0) is 23.4 Å². The van der Waals surface area contributed by atoms with Gasteiger partial charge in [-0.3, -0.25) is 4.57 Å². The summed E-state index contributed by atoms with van der Waals surface area (Å²) in [5, 5.41) is -2.81. The number of nitrogens with zero attached hydrogens (tertiary/aromatic N) is 1. The van der Waals surface area contributed by atoms with Gasteiger partial charge in [-0.25, -0.2) is 17.8 Å². The lowest BCUT2D eigenvalue weighted by Crippen LogP contribution is -2.19. The smallest absolute Gasteiger partial charge is 0.306 e. The van der Waals surface area contributed by atoms with Crippen LogP contribution >= 0.6 is 18.9 Å². The van der Waals surface area contributed by atoms with Crippen molar-refractivity contribution < 1.29 is 26.4 Å². The second-order valence-electron chi connectivity index (χ2n) is 4.16. The Bertz CT molecular complexity index is 764. The van der Waals surface area contributed by atoms with E-state index in [0.29, 0.717) is 10.2 Å². The van der Waals surface area contributed by atoms with Crippen molar-refractivity contribution in [3.63, 3.8) is 0 Å². The SMILES string of the molecule is CCOP(=O)(OCC)C(F)S(=O)(=O)c1nc2ccccc2s1. The quantitative estimate of drug-likeness (QED) is 0.696. The highest BCUT2D eigenvalue weighted by atomic mass is 32.2. The zero-order chi connectivity index (χ0) is 16.4. The Balaban J connectivity index is 2.45. The fraction of sp³-hybridized carbons (Fsp3) is 0.417. The second kappa shape index (κ2) is 6.72. The molecule has 2 rings (SSSR count). The Kier molecular flexibility index (Phi) is 5.34. The average Bonchev–Trinajstić information content (AvgIpc) is 2.91. The third kappa shape index (κ3) is 3.23. The van der Waals surface area contributed by atoms with E-state index in [1.807, 2.05) is 0 Å². The molecule has 0 spiro atoms. The molecule has 0 bridgehead atoms. The molecule has 0 aliphatic rings. The molecule has 0 saturated carbocycles. The maximum Gasteiger partial charge on any atom is 0.380 e. The number of para-hydroxylation sites is 1. The third-order valence-electron chi connectivity index (χ3n) is 2.64. The van der Waals surface area contributed by atoms with Gasteiger partial charge in [0.05, 0.1) is 23.4 Å². The van der Waals surface area contributed by atoms with Crippen LogP contribution in [0.4, 0.5) is 4.39 Å². The molecule has 0 aliphatic carbocycles. The van der Waals surface area contributed by atoms with Crippen LogP contribution < -0.4 is 0 Å². The van der Waals surface area contributed by atoms with Gasteiger partial charge in [0, 0.05) is 0 Å². The van der Waals surface area contributed by atoms with Crippen molar-refractivity contribution in [2.75, 3.05) is 13.2 Å². The van der Waals surface area contributed by atoms with E-state index in [2.05, 4.69) is 4.98 Å². The standard InChI is InChI=1S/C12H15FNO5PS2/c1-3-18-20(15,19-4-2)11(13)22(16,17)12-14-9-7-5-6-8-10(9)21-12/h5-8,11H,3-4H2,1-2H3. The van der Waals surface area contributed by atoms with Gasteiger partial charge in [0.2, 0.25) is 14.2 Å².